The molecule has 1 aromatic carbocycles. The SMILES string of the molecule is Cc1nc(COc2ccccc2C(=O)NCCC(C)C)cs1. The van der Waals surface area contributed by atoms with Gasteiger partial charge in [-0.1, -0.05) is 26.0 Å². The lowest BCUT2D eigenvalue weighted by molar-refractivity contribution is 0.0947. The lowest BCUT2D eigenvalue weighted by Crippen LogP contribution is -2.25. The van der Waals surface area contributed by atoms with E-state index in [1.807, 2.05) is 30.5 Å². The summed E-state index contributed by atoms with van der Waals surface area (Å²) < 4.78 is 5.77. The van der Waals surface area contributed by atoms with Crippen molar-refractivity contribution in [2.75, 3.05) is 6.54 Å². The van der Waals surface area contributed by atoms with Crippen molar-refractivity contribution < 1.29 is 9.53 Å². The molecule has 0 atom stereocenters. The van der Waals surface area contributed by atoms with Gasteiger partial charge < -0.3 is 10.1 Å². The second-order valence-corrected chi connectivity index (χ2v) is 6.64. The maximum atomic E-state index is 12.3. The summed E-state index contributed by atoms with van der Waals surface area (Å²) in [7, 11) is 0. The number of amides is 1. The Morgan fingerprint density at radius 3 is 2.82 bits per heavy atom. The Labute approximate surface area is 135 Å². The zero-order valence-corrected chi connectivity index (χ0v) is 14.1. The topological polar surface area (TPSA) is 51.2 Å². The smallest absolute Gasteiger partial charge is 0.255 e. The Balaban J connectivity index is 1.98. The lowest BCUT2D eigenvalue weighted by atomic mass is 10.1. The van der Waals surface area contributed by atoms with Crippen molar-refractivity contribution in [1.29, 1.82) is 0 Å². The molecule has 0 fully saturated rings. The fraction of sp³-hybridized carbons (Fsp3) is 0.412. The summed E-state index contributed by atoms with van der Waals surface area (Å²) in [5, 5.41) is 5.93. The molecule has 1 N–H and O–H groups in total. The van der Waals surface area contributed by atoms with E-state index >= 15 is 0 Å². The Bertz CT molecular complexity index is 623. The Morgan fingerprint density at radius 1 is 1.36 bits per heavy atom. The van der Waals surface area contributed by atoms with Gasteiger partial charge in [0.1, 0.15) is 12.4 Å². The monoisotopic (exact) mass is 318 g/mol. The molecule has 0 saturated carbocycles. The lowest BCUT2D eigenvalue weighted by Gasteiger charge is -2.11. The van der Waals surface area contributed by atoms with E-state index in [1.165, 1.54) is 0 Å². The number of para-hydroxylation sites is 1. The standard InChI is InChI=1S/C17H22N2O2S/c1-12(2)8-9-18-17(20)15-6-4-5-7-16(15)21-10-14-11-22-13(3)19-14/h4-7,11-12H,8-10H2,1-3H3,(H,18,20). The second-order valence-electron chi connectivity index (χ2n) is 5.58. The minimum Gasteiger partial charge on any atom is -0.486 e. The number of carbonyl (C=O) groups excluding carboxylic acids is 1. The third-order valence-electron chi connectivity index (χ3n) is 3.18. The third kappa shape index (κ3) is 4.84. The van der Waals surface area contributed by atoms with E-state index in [4.69, 9.17) is 4.74 Å². The van der Waals surface area contributed by atoms with Crippen molar-refractivity contribution in [3.05, 3.63) is 45.9 Å². The summed E-state index contributed by atoms with van der Waals surface area (Å²) in [5.74, 6) is 1.07. The van der Waals surface area contributed by atoms with Crippen LogP contribution < -0.4 is 10.1 Å². The minimum atomic E-state index is -0.0919. The highest BCUT2D eigenvalue weighted by atomic mass is 32.1. The van der Waals surface area contributed by atoms with Gasteiger partial charge in [-0.15, -0.1) is 11.3 Å². The van der Waals surface area contributed by atoms with Gasteiger partial charge in [0.25, 0.3) is 5.91 Å². The molecule has 118 valence electrons. The molecule has 22 heavy (non-hydrogen) atoms. The summed E-state index contributed by atoms with van der Waals surface area (Å²) in [6.07, 6.45) is 0.965. The number of carbonyl (C=O) groups is 1. The van der Waals surface area contributed by atoms with Gasteiger partial charge in [0.05, 0.1) is 16.3 Å². The molecule has 2 rings (SSSR count). The van der Waals surface area contributed by atoms with Gasteiger partial charge in [0.15, 0.2) is 0 Å². The molecule has 1 heterocycles. The maximum absolute atomic E-state index is 12.3. The van der Waals surface area contributed by atoms with E-state index in [0.717, 1.165) is 17.1 Å². The number of rotatable bonds is 7. The van der Waals surface area contributed by atoms with Crippen molar-refractivity contribution in [3.63, 3.8) is 0 Å². The van der Waals surface area contributed by atoms with E-state index < -0.39 is 0 Å². The van der Waals surface area contributed by atoms with Crippen LogP contribution in [0, 0.1) is 12.8 Å². The van der Waals surface area contributed by atoms with Gasteiger partial charge in [0.2, 0.25) is 0 Å². The summed E-state index contributed by atoms with van der Waals surface area (Å²) in [6.45, 7) is 7.29. The van der Waals surface area contributed by atoms with E-state index in [9.17, 15) is 4.79 Å². The molecule has 5 heteroatoms. The van der Waals surface area contributed by atoms with Gasteiger partial charge >= 0.3 is 0 Å². The molecule has 2 aromatic rings. The Morgan fingerprint density at radius 2 is 2.14 bits per heavy atom. The summed E-state index contributed by atoms with van der Waals surface area (Å²) in [5.41, 5.74) is 1.45. The molecular weight excluding hydrogens is 296 g/mol. The fourth-order valence-electron chi connectivity index (χ4n) is 1.98. The average Bonchev–Trinajstić information content (AvgIpc) is 2.90. The quantitative estimate of drug-likeness (QED) is 0.844. The van der Waals surface area contributed by atoms with Crippen LogP contribution in [-0.4, -0.2) is 17.4 Å². The molecule has 0 bridgehead atoms. The number of aryl methyl sites for hydroxylation is 1. The average molecular weight is 318 g/mol. The number of ether oxygens (including phenoxy) is 1. The van der Waals surface area contributed by atoms with E-state index in [0.29, 0.717) is 30.4 Å². The predicted molar refractivity (Wildman–Crippen MR) is 89.4 cm³/mol. The molecule has 0 aliphatic heterocycles. The summed E-state index contributed by atoms with van der Waals surface area (Å²) in [4.78, 5) is 16.6. The van der Waals surface area contributed by atoms with E-state index in [-0.39, 0.29) is 5.91 Å². The van der Waals surface area contributed by atoms with Crippen molar-refractivity contribution in [2.45, 2.75) is 33.8 Å². The zero-order chi connectivity index (χ0) is 15.9. The van der Waals surface area contributed by atoms with Gasteiger partial charge in [0, 0.05) is 11.9 Å². The molecule has 0 saturated heterocycles. The number of nitrogens with one attached hydrogen (secondary N) is 1. The van der Waals surface area contributed by atoms with Crippen LogP contribution in [-0.2, 0) is 6.61 Å². The van der Waals surface area contributed by atoms with Gasteiger partial charge in [-0.25, -0.2) is 4.98 Å². The fourth-order valence-corrected chi connectivity index (χ4v) is 2.57. The first-order valence-electron chi connectivity index (χ1n) is 7.47. The van der Waals surface area contributed by atoms with Crippen molar-refractivity contribution >= 4 is 17.2 Å². The van der Waals surface area contributed by atoms with Crippen molar-refractivity contribution in [3.8, 4) is 5.75 Å². The molecule has 1 aromatic heterocycles. The molecule has 4 nitrogen and oxygen atoms in total. The highest BCUT2D eigenvalue weighted by molar-refractivity contribution is 7.09. The van der Waals surface area contributed by atoms with Crippen LogP contribution in [0.25, 0.3) is 0 Å². The molecule has 1 amide bonds. The first-order chi connectivity index (χ1) is 10.6. The summed E-state index contributed by atoms with van der Waals surface area (Å²) in [6, 6.07) is 7.31. The number of hydrogen-bond acceptors (Lipinski definition) is 4. The number of aromatic nitrogens is 1. The van der Waals surface area contributed by atoms with Crippen LogP contribution in [0.15, 0.2) is 29.6 Å². The highest BCUT2D eigenvalue weighted by Crippen LogP contribution is 2.20. The minimum absolute atomic E-state index is 0.0919. The summed E-state index contributed by atoms with van der Waals surface area (Å²) >= 11 is 1.59. The van der Waals surface area contributed by atoms with Crippen molar-refractivity contribution in [2.24, 2.45) is 5.92 Å². The van der Waals surface area contributed by atoms with Crippen LogP contribution >= 0.6 is 11.3 Å². The Kier molecular flexibility index (Phi) is 5.95. The molecule has 0 radical (unpaired) electrons. The number of thiazole rings is 1. The van der Waals surface area contributed by atoms with Gasteiger partial charge in [-0.05, 0) is 31.4 Å². The van der Waals surface area contributed by atoms with Crippen LogP contribution in [0.1, 0.15) is 41.3 Å². The molecular formula is C17H22N2O2S. The molecule has 0 spiro atoms. The van der Waals surface area contributed by atoms with Gasteiger partial charge in [-0.2, -0.15) is 0 Å². The van der Waals surface area contributed by atoms with Crippen LogP contribution in [0.5, 0.6) is 5.75 Å². The second kappa shape index (κ2) is 7.94. The van der Waals surface area contributed by atoms with E-state index in [2.05, 4.69) is 24.1 Å². The largest absolute Gasteiger partial charge is 0.486 e. The predicted octanol–water partition coefficient (Wildman–Crippen LogP) is 3.81. The number of hydrogen-bond donors (Lipinski definition) is 1. The van der Waals surface area contributed by atoms with Crippen molar-refractivity contribution in [1.82, 2.24) is 10.3 Å². The first-order valence-corrected chi connectivity index (χ1v) is 8.35. The Hall–Kier alpha value is -1.88. The molecule has 0 unspecified atom stereocenters. The van der Waals surface area contributed by atoms with Gasteiger partial charge in [-0.3, -0.25) is 4.79 Å². The van der Waals surface area contributed by atoms with Crippen LogP contribution in [0.3, 0.4) is 0 Å². The number of benzene rings is 1. The van der Waals surface area contributed by atoms with Crippen LogP contribution in [0.4, 0.5) is 0 Å². The zero-order valence-electron chi connectivity index (χ0n) is 13.3. The van der Waals surface area contributed by atoms with Crippen LogP contribution in [0.2, 0.25) is 0 Å². The molecule has 0 aliphatic carbocycles. The van der Waals surface area contributed by atoms with E-state index in [1.54, 1.807) is 17.4 Å². The maximum Gasteiger partial charge on any atom is 0.255 e. The molecule has 0 aliphatic rings. The number of nitrogens with zero attached hydrogens (tertiary/aromatic N) is 1. The first kappa shape index (κ1) is 16.5. The third-order valence-corrected chi connectivity index (χ3v) is 4.00. The normalized spacial score (nSPS) is 10.7. The highest BCUT2D eigenvalue weighted by Gasteiger charge is 2.12.